The first-order chi connectivity index (χ1) is 10.1. The van der Waals surface area contributed by atoms with Gasteiger partial charge in [-0.15, -0.1) is 0 Å². The third kappa shape index (κ3) is 2.94. The van der Waals surface area contributed by atoms with Gasteiger partial charge in [-0.1, -0.05) is 25.0 Å². The van der Waals surface area contributed by atoms with Gasteiger partial charge in [0.05, 0.1) is 12.0 Å². The highest BCUT2D eigenvalue weighted by Crippen LogP contribution is 2.27. The van der Waals surface area contributed by atoms with E-state index in [1.165, 1.54) is 12.8 Å². The first-order valence-corrected chi connectivity index (χ1v) is 7.44. The summed E-state index contributed by atoms with van der Waals surface area (Å²) in [5.74, 6) is 0. The van der Waals surface area contributed by atoms with Gasteiger partial charge in [0.1, 0.15) is 0 Å². The van der Waals surface area contributed by atoms with Crippen LogP contribution in [0.2, 0.25) is 0 Å². The lowest BCUT2D eigenvalue weighted by Crippen LogP contribution is -2.35. The van der Waals surface area contributed by atoms with Crippen molar-refractivity contribution < 1.29 is 5.11 Å². The molecule has 5 nitrogen and oxygen atoms in total. The van der Waals surface area contributed by atoms with Crippen molar-refractivity contribution in [1.82, 2.24) is 14.5 Å². The highest BCUT2D eigenvalue weighted by molar-refractivity contribution is 5.63. The SMILES string of the molecule is CN(C1CCCC1)C(O)n1cnc(-c2cccc(N)c2)c1. The molecule has 3 rings (SSSR count). The molecule has 1 heterocycles. The molecule has 1 aromatic heterocycles. The summed E-state index contributed by atoms with van der Waals surface area (Å²) in [4.78, 5) is 6.40. The van der Waals surface area contributed by atoms with Crippen LogP contribution in [0, 0.1) is 0 Å². The third-order valence-electron chi connectivity index (χ3n) is 4.32. The smallest absolute Gasteiger partial charge is 0.191 e. The van der Waals surface area contributed by atoms with Crippen LogP contribution in [0.4, 0.5) is 5.69 Å². The predicted molar refractivity (Wildman–Crippen MR) is 83.4 cm³/mol. The van der Waals surface area contributed by atoms with E-state index in [9.17, 15) is 5.11 Å². The van der Waals surface area contributed by atoms with Gasteiger partial charge in [-0.3, -0.25) is 9.47 Å². The Hall–Kier alpha value is -1.85. The molecule has 1 aromatic carbocycles. The van der Waals surface area contributed by atoms with Crippen LogP contribution in [0.3, 0.4) is 0 Å². The molecule has 3 N–H and O–H groups in total. The minimum Gasteiger partial charge on any atom is -0.399 e. The summed E-state index contributed by atoms with van der Waals surface area (Å²) in [7, 11) is 1.97. The number of nitrogens with zero attached hydrogens (tertiary/aromatic N) is 3. The number of aliphatic hydroxyl groups excluding tert-OH is 1. The van der Waals surface area contributed by atoms with Gasteiger partial charge in [-0.25, -0.2) is 4.98 Å². The maximum Gasteiger partial charge on any atom is 0.191 e. The Balaban J connectivity index is 1.77. The standard InChI is InChI=1S/C16H22N4O/c1-19(14-7-2-3-8-14)16(21)20-10-15(18-11-20)12-5-4-6-13(17)9-12/h4-6,9-11,14,16,21H,2-3,7-8,17H2,1H3. The van der Waals surface area contributed by atoms with Crippen LogP contribution in [0.1, 0.15) is 32.0 Å². The molecule has 1 fully saturated rings. The average Bonchev–Trinajstić information content (AvgIpc) is 3.17. The molecule has 0 saturated heterocycles. The molecule has 2 aromatic rings. The second-order valence-corrected chi connectivity index (χ2v) is 5.78. The van der Waals surface area contributed by atoms with E-state index in [0.29, 0.717) is 11.7 Å². The Morgan fingerprint density at radius 2 is 2.14 bits per heavy atom. The molecule has 21 heavy (non-hydrogen) atoms. The lowest BCUT2D eigenvalue weighted by molar-refractivity contribution is -0.0613. The zero-order chi connectivity index (χ0) is 14.8. The maximum absolute atomic E-state index is 10.5. The lowest BCUT2D eigenvalue weighted by atomic mass is 10.1. The number of nitrogen functional groups attached to an aromatic ring is 1. The summed E-state index contributed by atoms with van der Waals surface area (Å²) < 4.78 is 1.75. The normalized spacial score (nSPS) is 17.5. The Bertz CT molecular complexity index is 604. The van der Waals surface area contributed by atoms with Crippen molar-refractivity contribution in [2.45, 2.75) is 38.1 Å². The largest absolute Gasteiger partial charge is 0.399 e. The van der Waals surface area contributed by atoms with Gasteiger partial charge in [0.2, 0.25) is 0 Å². The Kier molecular flexibility index (Phi) is 3.94. The lowest BCUT2D eigenvalue weighted by Gasteiger charge is -2.29. The molecule has 0 radical (unpaired) electrons. The molecule has 0 amide bonds. The highest BCUT2D eigenvalue weighted by atomic mass is 16.3. The number of aliphatic hydroxyl groups is 1. The summed E-state index contributed by atoms with van der Waals surface area (Å²) in [5.41, 5.74) is 8.30. The highest BCUT2D eigenvalue weighted by Gasteiger charge is 2.25. The zero-order valence-electron chi connectivity index (χ0n) is 12.3. The minimum absolute atomic E-state index is 0.457. The number of hydrogen-bond donors (Lipinski definition) is 2. The molecule has 1 atom stereocenters. The van der Waals surface area contributed by atoms with Gasteiger partial charge < -0.3 is 10.8 Å². The molecule has 1 aliphatic carbocycles. The summed E-state index contributed by atoms with van der Waals surface area (Å²) in [6, 6.07) is 8.07. The molecule has 5 heteroatoms. The van der Waals surface area contributed by atoms with E-state index in [1.807, 2.05) is 42.4 Å². The third-order valence-corrected chi connectivity index (χ3v) is 4.32. The topological polar surface area (TPSA) is 67.3 Å². The molecule has 1 saturated carbocycles. The van der Waals surface area contributed by atoms with E-state index in [0.717, 1.165) is 24.1 Å². The molecule has 1 aliphatic rings. The number of anilines is 1. The molecular formula is C16H22N4O. The fraction of sp³-hybridized carbons (Fsp3) is 0.438. The summed E-state index contributed by atoms with van der Waals surface area (Å²) in [5, 5.41) is 10.5. The van der Waals surface area contributed by atoms with Crippen molar-refractivity contribution in [3.8, 4) is 11.3 Å². The van der Waals surface area contributed by atoms with Crippen molar-refractivity contribution in [2.24, 2.45) is 0 Å². The van der Waals surface area contributed by atoms with E-state index in [-0.39, 0.29) is 0 Å². The quantitative estimate of drug-likeness (QED) is 0.669. The maximum atomic E-state index is 10.5. The second-order valence-electron chi connectivity index (χ2n) is 5.78. The van der Waals surface area contributed by atoms with Crippen LogP contribution in [0.5, 0.6) is 0 Å². The van der Waals surface area contributed by atoms with E-state index in [1.54, 1.807) is 10.9 Å². The summed E-state index contributed by atoms with van der Waals surface area (Å²) in [6.45, 7) is 0. The van der Waals surface area contributed by atoms with E-state index >= 15 is 0 Å². The van der Waals surface area contributed by atoms with Crippen LogP contribution in [0.25, 0.3) is 11.3 Å². The second kappa shape index (κ2) is 5.87. The first-order valence-electron chi connectivity index (χ1n) is 7.44. The molecule has 1 unspecified atom stereocenters. The van der Waals surface area contributed by atoms with Crippen molar-refractivity contribution in [3.63, 3.8) is 0 Å². The minimum atomic E-state index is -0.671. The first kappa shape index (κ1) is 14.1. The Labute approximate surface area is 125 Å². The molecule has 0 spiro atoms. The Morgan fingerprint density at radius 1 is 1.38 bits per heavy atom. The van der Waals surface area contributed by atoms with Crippen LogP contribution >= 0.6 is 0 Å². The summed E-state index contributed by atoms with van der Waals surface area (Å²) in [6.07, 6.45) is 7.68. The molecular weight excluding hydrogens is 264 g/mol. The number of imidazole rings is 1. The van der Waals surface area contributed by atoms with Gasteiger partial charge >= 0.3 is 0 Å². The molecule has 0 aliphatic heterocycles. The van der Waals surface area contributed by atoms with Gasteiger partial charge in [0.25, 0.3) is 0 Å². The predicted octanol–water partition coefficient (Wildman–Crippen LogP) is 2.46. The number of nitrogens with two attached hydrogens (primary N) is 1. The van der Waals surface area contributed by atoms with E-state index in [4.69, 9.17) is 5.73 Å². The van der Waals surface area contributed by atoms with Crippen LogP contribution in [-0.4, -0.2) is 32.6 Å². The van der Waals surface area contributed by atoms with Gasteiger partial charge in [-0.2, -0.15) is 0 Å². The molecule has 112 valence electrons. The van der Waals surface area contributed by atoms with Crippen LogP contribution in [-0.2, 0) is 0 Å². The van der Waals surface area contributed by atoms with Crippen LogP contribution in [0.15, 0.2) is 36.8 Å². The van der Waals surface area contributed by atoms with Crippen molar-refractivity contribution in [2.75, 3.05) is 12.8 Å². The Morgan fingerprint density at radius 3 is 2.86 bits per heavy atom. The number of hydrogen-bond acceptors (Lipinski definition) is 4. The van der Waals surface area contributed by atoms with Crippen molar-refractivity contribution in [3.05, 3.63) is 36.8 Å². The zero-order valence-corrected chi connectivity index (χ0v) is 12.3. The van der Waals surface area contributed by atoms with Gasteiger partial charge in [0, 0.05) is 23.5 Å². The number of aromatic nitrogens is 2. The monoisotopic (exact) mass is 286 g/mol. The fourth-order valence-electron chi connectivity index (χ4n) is 3.02. The number of benzene rings is 1. The van der Waals surface area contributed by atoms with Gasteiger partial charge in [0.15, 0.2) is 6.35 Å². The van der Waals surface area contributed by atoms with Crippen molar-refractivity contribution >= 4 is 5.69 Å². The van der Waals surface area contributed by atoms with Gasteiger partial charge in [-0.05, 0) is 32.0 Å². The van der Waals surface area contributed by atoms with Crippen LogP contribution < -0.4 is 5.73 Å². The summed E-state index contributed by atoms with van der Waals surface area (Å²) >= 11 is 0. The van der Waals surface area contributed by atoms with Crippen molar-refractivity contribution in [1.29, 1.82) is 0 Å². The van der Waals surface area contributed by atoms with E-state index in [2.05, 4.69) is 4.98 Å². The van der Waals surface area contributed by atoms with E-state index < -0.39 is 6.35 Å². The molecule has 0 bridgehead atoms. The average molecular weight is 286 g/mol. The number of rotatable bonds is 4. The fourth-order valence-corrected chi connectivity index (χ4v) is 3.02.